The maximum absolute atomic E-state index is 12.0. The Morgan fingerprint density at radius 2 is 2.00 bits per heavy atom. The molecule has 2 rings (SSSR count). The fraction of sp³-hybridized carbons (Fsp3) is 0.308. The van der Waals surface area contributed by atoms with E-state index < -0.39 is 0 Å². The van der Waals surface area contributed by atoms with E-state index in [4.69, 9.17) is 0 Å². The van der Waals surface area contributed by atoms with Crippen molar-refractivity contribution >= 4 is 43.3 Å². The van der Waals surface area contributed by atoms with Gasteiger partial charge in [0.25, 0.3) is 5.91 Å². The molecule has 0 bridgehead atoms. The Bertz CT molecular complexity index is 568. The minimum Gasteiger partial charge on any atom is -0.347 e. The third-order valence-electron chi connectivity index (χ3n) is 2.19. The van der Waals surface area contributed by atoms with Gasteiger partial charge in [-0.3, -0.25) is 4.79 Å². The molecule has 0 aliphatic rings. The van der Waals surface area contributed by atoms with Crippen molar-refractivity contribution in [2.75, 3.05) is 0 Å². The van der Waals surface area contributed by atoms with Gasteiger partial charge in [0.2, 0.25) is 0 Å². The largest absolute Gasteiger partial charge is 0.347 e. The molecule has 2 aromatic rings. The van der Waals surface area contributed by atoms with E-state index in [1.54, 1.807) is 0 Å². The first-order valence-corrected chi connectivity index (χ1v) is 6.98. The fourth-order valence-electron chi connectivity index (χ4n) is 1.53. The molecule has 0 aliphatic heterocycles. The Labute approximate surface area is 113 Å². The first kappa shape index (κ1) is 12.6. The number of benzene rings is 1. The molecule has 1 aromatic carbocycles. The average Bonchev–Trinajstić information content (AvgIpc) is 2.57. The highest BCUT2D eigenvalue weighted by molar-refractivity contribution is 9.10. The summed E-state index contributed by atoms with van der Waals surface area (Å²) in [7, 11) is 0. The van der Waals surface area contributed by atoms with Crippen LogP contribution in [0.4, 0.5) is 0 Å². The zero-order valence-corrected chi connectivity index (χ0v) is 12.4. The van der Waals surface area contributed by atoms with Crippen LogP contribution in [0.15, 0.2) is 28.7 Å². The number of halogens is 1. The molecule has 90 valence electrons. The van der Waals surface area contributed by atoms with Crippen molar-refractivity contribution in [3.8, 4) is 0 Å². The normalized spacial score (nSPS) is 11.8. The van der Waals surface area contributed by atoms with Gasteiger partial charge >= 0.3 is 0 Å². The van der Waals surface area contributed by atoms with Gasteiger partial charge < -0.3 is 5.32 Å². The number of nitrogens with one attached hydrogen (secondary N) is 1. The van der Waals surface area contributed by atoms with E-state index in [9.17, 15) is 4.79 Å². The number of fused-ring (bicyclic) bond motifs is 1. The van der Waals surface area contributed by atoms with Gasteiger partial charge in [-0.2, -0.15) is 0 Å². The first-order valence-electron chi connectivity index (χ1n) is 5.37. The van der Waals surface area contributed by atoms with Gasteiger partial charge in [-0.1, -0.05) is 15.9 Å². The topological polar surface area (TPSA) is 29.1 Å². The van der Waals surface area contributed by atoms with E-state index in [0.29, 0.717) is 0 Å². The van der Waals surface area contributed by atoms with Crippen molar-refractivity contribution in [1.29, 1.82) is 0 Å². The van der Waals surface area contributed by atoms with E-state index in [1.807, 2.05) is 45.0 Å². The highest BCUT2D eigenvalue weighted by atomic mass is 79.9. The second-order valence-corrected chi connectivity index (χ2v) is 7.00. The van der Waals surface area contributed by atoms with Crippen LogP contribution in [0.1, 0.15) is 30.4 Å². The Balaban J connectivity index is 2.33. The number of carbonyl (C=O) groups is 1. The lowest BCUT2D eigenvalue weighted by Crippen LogP contribution is -2.40. The van der Waals surface area contributed by atoms with Crippen molar-refractivity contribution in [1.82, 2.24) is 5.32 Å². The summed E-state index contributed by atoms with van der Waals surface area (Å²) < 4.78 is 2.16. The van der Waals surface area contributed by atoms with Crippen molar-refractivity contribution in [2.45, 2.75) is 26.3 Å². The van der Waals surface area contributed by atoms with Gasteiger partial charge in [0.1, 0.15) is 0 Å². The third kappa shape index (κ3) is 3.07. The van der Waals surface area contributed by atoms with Crippen molar-refractivity contribution in [3.63, 3.8) is 0 Å². The molecule has 0 aliphatic carbocycles. The van der Waals surface area contributed by atoms with Crippen LogP contribution < -0.4 is 5.32 Å². The van der Waals surface area contributed by atoms with Crippen molar-refractivity contribution in [2.24, 2.45) is 0 Å². The number of hydrogen-bond acceptors (Lipinski definition) is 2. The number of rotatable bonds is 1. The van der Waals surface area contributed by atoms with Crippen LogP contribution in [0.3, 0.4) is 0 Å². The number of hydrogen-bond donors (Lipinski definition) is 1. The van der Waals surface area contributed by atoms with Gasteiger partial charge in [-0.25, -0.2) is 0 Å². The second kappa shape index (κ2) is 4.42. The van der Waals surface area contributed by atoms with Crippen LogP contribution >= 0.6 is 27.3 Å². The molecule has 0 unspecified atom stereocenters. The molecule has 0 fully saturated rings. The Kier molecular flexibility index (Phi) is 3.27. The predicted octanol–water partition coefficient (Wildman–Crippen LogP) is 4.19. The van der Waals surface area contributed by atoms with Gasteiger partial charge in [0.05, 0.1) is 4.88 Å². The monoisotopic (exact) mass is 311 g/mol. The summed E-state index contributed by atoms with van der Waals surface area (Å²) in [5.74, 6) is -0.00479. The Morgan fingerprint density at radius 1 is 1.29 bits per heavy atom. The van der Waals surface area contributed by atoms with Crippen LogP contribution in [0.2, 0.25) is 0 Å². The van der Waals surface area contributed by atoms with Gasteiger partial charge in [0, 0.05) is 14.7 Å². The molecule has 1 heterocycles. The lowest BCUT2D eigenvalue weighted by molar-refractivity contribution is 0.0924. The molecule has 0 spiro atoms. The molecule has 0 saturated heterocycles. The molecule has 2 nitrogen and oxygen atoms in total. The fourth-order valence-corrected chi connectivity index (χ4v) is 2.85. The predicted molar refractivity (Wildman–Crippen MR) is 76.7 cm³/mol. The van der Waals surface area contributed by atoms with E-state index in [0.717, 1.165) is 19.4 Å². The molecule has 4 heteroatoms. The minimum absolute atomic E-state index is 0.00479. The Hall–Kier alpha value is -0.870. The maximum atomic E-state index is 12.0. The SMILES string of the molecule is CC(C)(C)NC(=O)c1cc2cc(Br)ccc2s1. The summed E-state index contributed by atoms with van der Waals surface area (Å²) in [4.78, 5) is 12.8. The molecule has 1 amide bonds. The molecule has 17 heavy (non-hydrogen) atoms. The average molecular weight is 312 g/mol. The van der Waals surface area contributed by atoms with Crippen LogP contribution in [-0.4, -0.2) is 11.4 Å². The summed E-state index contributed by atoms with van der Waals surface area (Å²) in [5.41, 5.74) is -0.201. The standard InChI is InChI=1S/C13H14BrNOS/c1-13(2,3)15-12(16)11-7-8-6-9(14)4-5-10(8)17-11/h4-7H,1-3H3,(H,15,16). The summed E-state index contributed by atoms with van der Waals surface area (Å²) in [6.07, 6.45) is 0. The molecule has 1 N–H and O–H groups in total. The minimum atomic E-state index is -0.201. The smallest absolute Gasteiger partial charge is 0.261 e. The number of amides is 1. The summed E-state index contributed by atoms with van der Waals surface area (Å²) in [6.45, 7) is 5.94. The van der Waals surface area contributed by atoms with Gasteiger partial charge in [-0.15, -0.1) is 11.3 Å². The zero-order chi connectivity index (χ0) is 12.6. The summed E-state index contributed by atoms with van der Waals surface area (Å²) in [5, 5.41) is 4.07. The Morgan fingerprint density at radius 3 is 2.65 bits per heavy atom. The van der Waals surface area contributed by atoms with Crippen molar-refractivity contribution < 1.29 is 4.79 Å². The second-order valence-electron chi connectivity index (χ2n) is 5.00. The molecular formula is C13H14BrNOS. The lowest BCUT2D eigenvalue weighted by Gasteiger charge is -2.19. The van der Waals surface area contributed by atoms with Gasteiger partial charge in [-0.05, 0) is 50.4 Å². The quantitative estimate of drug-likeness (QED) is 0.840. The summed E-state index contributed by atoms with van der Waals surface area (Å²) in [6, 6.07) is 7.98. The van der Waals surface area contributed by atoms with Crippen LogP contribution in [0.25, 0.3) is 10.1 Å². The molecule has 0 saturated carbocycles. The van der Waals surface area contributed by atoms with Crippen molar-refractivity contribution in [3.05, 3.63) is 33.6 Å². The van der Waals surface area contributed by atoms with E-state index in [2.05, 4.69) is 21.2 Å². The molecule has 0 radical (unpaired) electrons. The van der Waals surface area contributed by atoms with E-state index >= 15 is 0 Å². The van der Waals surface area contributed by atoms with Crippen LogP contribution in [0, 0.1) is 0 Å². The molecule has 1 aromatic heterocycles. The van der Waals surface area contributed by atoms with E-state index in [-0.39, 0.29) is 11.4 Å². The number of thiophene rings is 1. The van der Waals surface area contributed by atoms with E-state index in [1.165, 1.54) is 11.3 Å². The zero-order valence-electron chi connectivity index (χ0n) is 10.0. The molecule has 0 atom stereocenters. The maximum Gasteiger partial charge on any atom is 0.261 e. The third-order valence-corrected chi connectivity index (χ3v) is 3.80. The lowest BCUT2D eigenvalue weighted by atomic mass is 10.1. The molecular weight excluding hydrogens is 298 g/mol. The summed E-state index contributed by atoms with van der Waals surface area (Å²) >= 11 is 4.95. The highest BCUT2D eigenvalue weighted by Crippen LogP contribution is 2.28. The highest BCUT2D eigenvalue weighted by Gasteiger charge is 2.17. The van der Waals surface area contributed by atoms with Crippen LogP contribution in [-0.2, 0) is 0 Å². The number of carbonyl (C=O) groups excluding carboxylic acids is 1. The van der Waals surface area contributed by atoms with Gasteiger partial charge in [0.15, 0.2) is 0 Å². The first-order chi connectivity index (χ1) is 7.85. The van der Waals surface area contributed by atoms with Crippen LogP contribution in [0.5, 0.6) is 0 Å².